The average Bonchev–Trinajstić information content (AvgIpc) is 2.67. The first-order valence-electron chi connectivity index (χ1n) is 8.76. The van der Waals surface area contributed by atoms with Crippen LogP contribution in [0.3, 0.4) is 0 Å². The van der Waals surface area contributed by atoms with E-state index in [2.05, 4.69) is 15.4 Å². The van der Waals surface area contributed by atoms with Gasteiger partial charge in [0, 0.05) is 12.6 Å². The molecule has 2 aromatic rings. The van der Waals surface area contributed by atoms with Crippen molar-refractivity contribution in [3.63, 3.8) is 0 Å². The molecule has 0 aliphatic rings. The van der Waals surface area contributed by atoms with Gasteiger partial charge < -0.3 is 20.1 Å². The van der Waals surface area contributed by atoms with Gasteiger partial charge in [0.1, 0.15) is 5.75 Å². The first-order valence-corrected chi connectivity index (χ1v) is 8.76. The summed E-state index contributed by atoms with van der Waals surface area (Å²) >= 11 is 0. The molecule has 0 heterocycles. The molecule has 2 amide bonds. The van der Waals surface area contributed by atoms with Crippen molar-refractivity contribution in [3.8, 4) is 5.75 Å². The van der Waals surface area contributed by atoms with E-state index < -0.39 is 36.6 Å². The molecule has 0 aliphatic heterocycles. The molecule has 0 radical (unpaired) electrons. The van der Waals surface area contributed by atoms with Crippen molar-refractivity contribution >= 4 is 23.5 Å². The van der Waals surface area contributed by atoms with Gasteiger partial charge in [0.15, 0.2) is 6.61 Å². The van der Waals surface area contributed by atoms with Crippen molar-refractivity contribution in [2.75, 3.05) is 11.9 Å². The summed E-state index contributed by atoms with van der Waals surface area (Å²) in [7, 11) is 0. The van der Waals surface area contributed by atoms with E-state index in [0.29, 0.717) is 5.56 Å². The number of amides is 2. The summed E-state index contributed by atoms with van der Waals surface area (Å²) in [6, 6.07) is 12.7. The number of alkyl halides is 3. The fourth-order valence-electron chi connectivity index (χ4n) is 2.49. The normalized spacial score (nSPS) is 11.9. The first-order chi connectivity index (χ1) is 14.1. The molecule has 7 nitrogen and oxygen atoms in total. The Morgan fingerprint density at radius 2 is 1.63 bits per heavy atom. The molecule has 0 spiro atoms. The first kappa shape index (κ1) is 22.7. The molecule has 2 N–H and O–H groups in total. The van der Waals surface area contributed by atoms with Gasteiger partial charge in [0.05, 0.1) is 12.5 Å². The predicted octanol–water partition coefficient (Wildman–Crippen LogP) is 3.33. The van der Waals surface area contributed by atoms with Crippen LogP contribution in [-0.2, 0) is 19.1 Å². The van der Waals surface area contributed by atoms with Crippen LogP contribution in [0.5, 0.6) is 5.75 Å². The number of nitrogens with one attached hydrogen (secondary N) is 2. The van der Waals surface area contributed by atoms with Crippen molar-refractivity contribution in [1.29, 1.82) is 0 Å². The molecule has 30 heavy (non-hydrogen) atoms. The molecule has 2 aromatic carbocycles. The zero-order chi connectivity index (χ0) is 22.1. The maximum atomic E-state index is 12.1. The highest BCUT2D eigenvalue weighted by Gasteiger charge is 2.31. The summed E-state index contributed by atoms with van der Waals surface area (Å²) in [6.07, 6.45) is -4.99. The van der Waals surface area contributed by atoms with E-state index in [1.54, 1.807) is 30.3 Å². The Hall–Kier alpha value is -3.56. The van der Waals surface area contributed by atoms with Crippen LogP contribution in [0.4, 0.5) is 18.9 Å². The fourth-order valence-corrected chi connectivity index (χ4v) is 2.49. The van der Waals surface area contributed by atoms with Crippen molar-refractivity contribution in [3.05, 3.63) is 60.2 Å². The SMILES string of the molecule is CC(=O)N[C@@H](CC(=O)OCC(=O)Nc1ccc(OC(F)(F)F)cc1)c1ccccc1. The van der Waals surface area contributed by atoms with Crippen LogP contribution in [0, 0.1) is 0 Å². The van der Waals surface area contributed by atoms with E-state index in [0.717, 1.165) is 12.1 Å². The molecule has 160 valence electrons. The number of esters is 1. The second-order valence-corrected chi connectivity index (χ2v) is 6.15. The Morgan fingerprint density at radius 1 is 1.00 bits per heavy atom. The predicted molar refractivity (Wildman–Crippen MR) is 100 cm³/mol. The van der Waals surface area contributed by atoms with Gasteiger partial charge in [-0.1, -0.05) is 30.3 Å². The third-order valence-corrected chi connectivity index (χ3v) is 3.69. The van der Waals surface area contributed by atoms with Crippen LogP contribution in [0.2, 0.25) is 0 Å². The van der Waals surface area contributed by atoms with E-state index in [9.17, 15) is 27.6 Å². The summed E-state index contributed by atoms with van der Waals surface area (Å²) in [5, 5.41) is 5.03. The van der Waals surface area contributed by atoms with Gasteiger partial charge in [-0.05, 0) is 29.8 Å². The Kier molecular flexibility index (Phi) is 7.79. The topological polar surface area (TPSA) is 93.7 Å². The zero-order valence-corrected chi connectivity index (χ0v) is 15.9. The van der Waals surface area contributed by atoms with Crippen LogP contribution >= 0.6 is 0 Å². The highest BCUT2D eigenvalue weighted by atomic mass is 19.4. The molecule has 0 aromatic heterocycles. The zero-order valence-electron chi connectivity index (χ0n) is 15.9. The molecular formula is C20H19F3N2O5. The van der Waals surface area contributed by atoms with Gasteiger partial charge in [-0.15, -0.1) is 13.2 Å². The number of anilines is 1. The number of benzene rings is 2. The standard InChI is InChI=1S/C20H19F3N2O5/c1-13(26)24-17(14-5-3-2-4-6-14)11-19(28)29-12-18(27)25-15-7-9-16(10-8-15)30-20(21,22)23/h2-10,17H,11-12H2,1H3,(H,24,26)(H,25,27)/t17-/m0/s1. The van der Waals surface area contributed by atoms with Crippen LogP contribution < -0.4 is 15.4 Å². The van der Waals surface area contributed by atoms with E-state index in [1.165, 1.54) is 19.1 Å². The maximum Gasteiger partial charge on any atom is 0.573 e. The van der Waals surface area contributed by atoms with E-state index >= 15 is 0 Å². The molecule has 1 atom stereocenters. The Morgan fingerprint density at radius 3 is 2.20 bits per heavy atom. The lowest BCUT2D eigenvalue weighted by molar-refractivity contribution is -0.274. The quantitative estimate of drug-likeness (QED) is 0.634. The summed E-state index contributed by atoms with van der Waals surface area (Å²) in [4.78, 5) is 35.3. The number of hydrogen-bond acceptors (Lipinski definition) is 5. The lowest BCUT2D eigenvalue weighted by atomic mass is 10.0. The summed E-state index contributed by atoms with van der Waals surface area (Å²) < 4.78 is 45.1. The van der Waals surface area contributed by atoms with E-state index in [1.807, 2.05) is 0 Å². The third kappa shape index (κ3) is 8.21. The van der Waals surface area contributed by atoms with Gasteiger partial charge in [-0.25, -0.2) is 0 Å². The van der Waals surface area contributed by atoms with Gasteiger partial charge in [-0.3, -0.25) is 14.4 Å². The number of rotatable bonds is 8. The van der Waals surface area contributed by atoms with Gasteiger partial charge in [-0.2, -0.15) is 0 Å². The fraction of sp³-hybridized carbons (Fsp3) is 0.250. The van der Waals surface area contributed by atoms with E-state index in [4.69, 9.17) is 4.74 Å². The Balaban J connectivity index is 1.84. The number of halogens is 3. The largest absolute Gasteiger partial charge is 0.573 e. The van der Waals surface area contributed by atoms with Crippen LogP contribution in [0.1, 0.15) is 24.9 Å². The monoisotopic (exact) mass is 424 g/mol. The molecule has 0 unspecified atom stereocenters. The lowest BCUT2D eigenvalue weighted by Gasteiger charge is -2.17. The smallest absolute Gasteiger partial charge is 0.455 e. The minimum absolute atomic E-state index is 0.180. The molecule has 0 aliphatic carbocycles. The van der Waals surface area contributed by atoms with Gasteiger partial charge in [0.25, 0.3) is 5.91 Å². The van der Waals surface area contributed by atoms with Gasteiger partial charge >= 0.3 is 12.3 Å². The number of ether oxygens (including phenoxy) is 2. The Labute approximate surface area is 170 Å². The molecule has 0 fully saturated rings. The molecule has 0 saturated carbocycles. The molecule has 2 rings (SSSR count). The minimum atomic E-state index is -4.81. The number of hydrogen-bond donors (Lipinski definition) is 2. The summed E-state index contributed by atoms with van der Waals surface area (Å²) in [5.41, 5.74) is 0.904. The van der Waals surface area contributed by atoms with E-state index in [-0.39, 0.29) is 18.0 Å². The maximum absolute atomic E-state index is 12.1. The van der Waals surface area contributed by atoms with Crippen molar-refractivity contribution in [2.45, 2.75) is 25.7 Å². The minimum Gasteiger partial charge on any atom is -0.455 e. The highest BCUT2D eigenvalue weighted by molar-refractivity contribution is 5.92. The van der Waals surface area contributed by atoms with Crippen molar-refractivity contribution in [2.24, 2.45) is 0 Å². The molecular weight excluding hydrogens is 405 g/mol. The molecule has 0 saturated heterocycles. The highest BCUT2D eigenvalue weighted by Crippen LogP contribution is 2.24. The van der Waals surface area contributed by atoms with Crippen LogP contribution in [-0.4, -0.2) is 30.8 Å². The number of carbonyl (C=O) groups excluding carboxylic acids is 3. The van der Waals surface area contributed by atoms with Crippen LogP contribution in [0.25, 0.3) is 0 Å². The molecule has 0 bridgehead atoms. The lowest BCUT2D eigenvalue weighted by Crippen LogP contribution is -2.29. The summed E-state index contributed by atoms with van der Waals surface area (Å²) in [5.74, 6) is -2.14. The van der Waals surface area contributed by atoms with Gasteiger partial charge in [0.2, 0.25) is 5.91 Å². The number of carbonyl (C=O) groups is 3. The van der Waals surface area contributed by atoms with Crippen molar-refractivity contribution < 1.29 is 37.0 Å². The molecule has 10 heteroatoms. The second-order valence-electron chi connectivity index (χ2n) is 6.15. The second kappa shape index (κ2) is 10.3. The Bertz CT molecular complexity index is 870. The summed E-state index contributed by atoms with van der Waals surface area (Å²) in [6.45, 7) is 0.723. The third-order valence-electron chi connectivity index (χ3n) is 3.69. The van der Waals surface area contributed by atoms with Crippen molar-refractivity contribution in [1.82, 2.24) is 5.32 Å². The average molecular weight is 424 g/mol. The van der Waals surface area contributed by atoms with Crippen LogP contribution in [0.15, 0.2) is 54.6 Å².